The first-order chi connectivity index (χ1) is 5.88. The van der Waals surface area contributed by atoms with Gasteiger partial charge in [-0.25, -0.2) is 4.98 Å². The lowest BCUT2D eigenvalue weighted by Gasteiger charge is -2.01. The largest absolute Gasteiger partial charge is 0.379 e. The van der Waals surface area contributed by atoms with Gasteiger partial charge in [0.15, 0.2) is 6.10 Å². The van der Waals surface area contributed by atoms with Crippen LogP contribution in [0.1, 0.15) is 17.6 Å². The summed E-state index contributed by atoms with van der Waals surface area (Å²) in [4.78, 5) is 6.76. The van der Waals surface area contributed by atoms with E-state index in [9.17, 15) is 5.11 Å². The number of aliphatic hydroxyl groups is 1. The van der Waals surface area contributed by atoms with E-state index in [0.29, 0.717) is 11.5 Å². The fraction of sp³-hybridized carbons (Fsp3) is 0.143. The molecule has 12 heavy (non-hydrogen) atoms. The SMILES string of the molecule is OC(c1ccsn1)c1ncc[nH]1. The zero-order chi connectivity index (χ0) is 8.39. The highest BCUT2D eigenvalue weighted by Gasteiger charge is 2.13. The first-order valence-corrected chi connectivity index (χ1v) is 4.29. The molecule has 0 aliphatic heterocycles. The van der Waals surface area contributed by atoms with Crippen LogP contribution in [0.4, 0.5) is 0 Å². The molecule has 5 heteroatoms. The number of rotatable bonds is 2. The van der Waals surface area contributed by atoms with Crippen molar-refractivity contribution in [3.63, 3.8) is 0 Å². The molecule has 0 saturated carbocycles. The van der Waals surface area contributed by atoms with Crippen LogP contribution in [-0.2, 0) is 0 Å². The second-order valence-corrected chi connectivity index (χ2v) is 2.97. The van der Waals surface area contributed by atoms with Gasteiger partial charge in [-0.1, -0.05) is 0 Å². The third kappa shape index (κ3) is 1.24. The number of imidazole rings is 1. The van der Waals surface area contributed by atoms with Crippen LogP contribution >= 0.6 is 11.5 Å². The zero-order valence-corrected chi connectivity index (χ0v) is 6.95. The Morgan fingerprint density at radius 3 is 3.08 bits per heavy atom. The fourth-order valence-electron chi connectivity index (χ4n) is 0.930. The van der Waals surface area contributed by atoms with E-state index in [0.717, 1.165) is 0 Å². The molecule has 0 aromatic carbocycles. The minimum Gasteiger partial charge on any atom is -0.379 e. The number of aromatic amines is 1. The van der Waals surface area contributed by atoms with Gasteiger partial charge in [-0.3, -0.25) is 0 Å². The topological polar surface area (TPSA) is 61.8 Å². The maximum Gasteiger partial charge on any atom is 0.154 e. The van der Waals surface area contributed by atoms with Crippen molar-refractivity contribution in [3.05, 3.63) is 35.4 Å². The highest BCUT2D eigenvalue weighted by Crippen LogP contribution is 2.17. The van der Waals surface area contributed by atoms with Gasteiger partial charge in [-0.15, -0.1) is 0 Å². The maximum atomic E-state index is 9.62. The standard InChI is InChI=1S/C7H7N3OS/c11-6(5-1-4-12-10-5)7-8-2-3-9-7/h1-4,6,11H,(H,8,9). The summed E-state index contributed by atoms with van der Waals surface area (Å²) in [6, 6.07) is 1.78. The van der Waals surface area contributed by atoms with Crippen LogP contribution in [-0.4, -0.2) is 19.4 Å². The summed E-state index contributed by atoms with van der Waals surface area (Å²) in [6.45, 7) is 0. The number of nitrogens with zero attached hydrogens (tertiary/aromatic N) is 2. The average Bonchev–Trinajstić information content (AvgIpc) is 2.77. The van der Waals surface area contributed by atoms with E-state index in [1.54, 1.807) is 18.5 Å². The average molecular weight is 181 g/mol. The van der Waals surface area contributed by atoms with Crippen molar-refractivity contribution in [1.29, 1.82) is 0 Å². The Bertz CT molecular complexity index is 295. The van der Waals surface area contributed by atoms with Gasteiger partial charge in [0.2, 0.25) is 0 Å². The van der Waals surface area contributed by atoms with Crippen molar-refractivity contribution < 1.29 is 5.11 Å². The van der Waals surface area contributed by atoms with Gasteiger partial charge in [0.25, 0.3) is 0 Å². The molecule has 0 amide bonds. The van der Waals surface area contributed by atoms with E-state index in [1.807, 2.05) is 5.38 Å². The summed E-state index contributed by atoms with van der Waals surface area (Å²) in [5, 5.41) is 11.4. The first kappa shape index (κ1) is 7.45. The van der Waals surface area contributed by atoms with Gasteiger partial charge >= 0.3 is 0 Å². The van der Waals surface area contributed by atoms with Gasteiger partial charge in [-0.05, 0) is 17.6 Å². The fourth-order valence-corrected chi connectivity index (χ4v) is 1.47. The van der Waals surface area contributed by atoms with Crippen LogP contribution in [0.3, 0.4) is 0 Å². The van der Waals surface area contributed by atoms with E-state index in [4.69, 9.17) is 0 Å². The normalized spacial score (nSPS) is 13.1. The van der Waals surface area contributed by atoms with Crippen LogP contribution < -0.4 is 0 Å². The van der Waals surface area contributed by atoms with Crippen molar-refractivity contribution >= 4 is 11.5 Å². The summed E-state index contributed by atoms with van der Waals surface area (Å²) < 4.78 is 4.00. The van der Waals surface area contributed by atoms with Crippen molar-refractivity contribution in [2.45, 2.75) is 6.10 Å². The molecule has 1 atom stereocenters. The maximum absolute atomic E-state index is 9.62. The molecule has 0 aliphatic carbocycles. The van der Waals surface area contributed by atoms with Gasteiger partial charge in [0.1, 0.15) is 5.82 Å². The predicted octanol–water partition coefficient (Wildman–Crippen LogP) is 0.948. The van der Waals surface area contributed by atoms with E-state index < -0.39 is 6.10 Å². The molecule has 1 unspecified atom stereocenters. The Morgan fingerprint density at radius 1 is 1.58 bits per heavy atom. The van der Waals surface area contributed by atoms with Crippen molar-refractivity contribution in [1.82, 2.24) is 14.3 Å². The molecule has 2 aromatic heterocycles. The molecule has 4 nitrogen and oxygen atoms in total. The number of nitrogens with one attached hydrogen (secondary N) is 1. The number of aromatic nitrogens is 3. The molecule has 0 radical (unpaired) electrons. The molecule has 0 spiro atoms. The Kier molecular flexibility index (Phi) is 1.89. The van der Waals surface area contributed by atoms with E-state index in [-0.39, 0.29) is 0 Å². The summed E-state index contributed by atoms with van der Waals surface area (Å²) in [6.07, 6.45) is 2.54. The van der Waals surface area contributed by atoms with E-state index >= 15 is 0 Å². The molecule has 62 valence electrons. The van der Waals surface area contributed by atoms with Gasteiger partial charge in [-0.2, -0.15) is 4.37 Å². The number of H-pyrrole nitrogens is 1. The highest BCUT2D eigenvalue weighted by atomic mass is 32.1. The van der Waals surface area contributed by atoms with Gasteiger partial charge in [0.05, 0.1) is 5.69 Å². The minimum atomic E-state index is -0.730. The van der Waals surface area contributed by atoms with Crippen LogP contribution in [0.25, 0.3) is 0 Å². The molecule has 0 aliphatic rings. The quantitative estimate of drug-likeness (QED) is 0.725. The van der Waals surface area contributed by atoms with Crippen molar-refractivity contribution in [2.24, 2.45) is 0 Å². The van der Waals surface area contributed by atoms with E-state index in [1.165, 1.54) is 11.5 Å². The highest BCUT2D eigenvalue weighted by molar-refractivity contribution is 7.03. The smallest absolute Gasteiger partial charge is 0.154 e. The van der Waals surface area contributed by atoms with Crippen molar-refractivity contribution in [3.8, 4) is 0 Å². The second kappa shape index (κ2) is 3.04. The van der Waals surface area contributed by atoms with Crippen LogP contribution in [0.5, 0.6) is 0 Å². The molecule has 0 fully saturated rings. The number of hydrogen-bond acceptors (Lipinski definition) is 4. The number of hydrogen-bond donors (Lipinski definition) is 2. The molecule has 0 saturated heterocycles. The van der Waals surface area contributed by atoms with Crippen LogP contribution in [0.2, 0.25) is 0 Å². The van der Waals surface area contributed by atoms with Crippen LogP contribution in [0.15, 0.2) is 23.8 Å². The monoisotopic (exact) mass is 181 g/mol. The Morgan fingerprint density at radius 2 is 2.50 bits per heavy atom. The van der Waals surface area contributed by atoms with Gasteiger partial charge < -0.3 is 10.1 Å². The first-order valence-electron chi connectivity index (χ1n) is 3.45. The minimum absolute atomic E-state index is 0.529. The van der Waals surface area contributed by atoms with Gasteiger partial charge in [0, 0.05) is 17.8 Å². The predicted molar refractivity (Wildman–Crippen MR) is 44.8 cm³/mol. The Balaban J connectivity index is 2.27. The molecular formula is C7H7N3OS. The summed E-state index contributed by atoms with van der Waals surface area (Å²) in [7, 11) is 0. The second-order valence-electron chi connectivity index (χ2n) is 2.30. The lowest BCUT2D eigenvalue weighted by Crippen LogP contribution is -2.01. The molecule has 2 aromatic rings. The Hall–Kier alpha value is -1.20. The summed E-state index contributed by atoms with van der Waals surface area (Å²) in [5.41, 5.74) is 0.634. The molecular weight excluding hydrogens is 174 g/mol. The zero-order valence-electron chi connectivity index (χ0n) is 6.14. The van der Waals surface area contributed by atoms with E-state index in [2.05, 4.69) is 14.3 Å². The summed E-state index contributed by atoms with van der Waals surface area (Å²) in [5.74, 6) is 0.529. The van der Waals surface area contributed by atoms with Crippen molar-refractivity contribution in [2.75, 3.05) is 0 Å². The molecule has 2 rings (SSSR count). The Labute approximate surface area is 73.1 Å². The van der Waals surface area contributed by atoms with Crippen LogP contribution in [0, 0.1) is 0 Å². The lowest BCUT2D eigenvalue weighted by molar-refractivity contribution is 0.207. The molecule has 2 heterocycles. The molecule has 2 N–H and O–H groups in total. The third-order valence-corrected chi connectivity index (χ3v) is 2.09. The molecule has 0 bridgehead atoms. The summed E-state index contributed by atoms with van der Waals surface area (Å²) >= 11 is 1.31. The number of aliphatic hydroxyl groups excluding tert-OH is 1. The third-order valence-electron chi connectivity index (χ3n) is 1.52. The lowest BCUT2D eigenvalue weighted by atomic mass is 10.2.